The molecule has 2 unspecified atom stereocenters. The second-order valence-corrected chi connectivity index (χ2v) is 7.27. The van der Waals surface area contributed by atoms with E-state index in [9.17, 15) is 9.90 Å². The van der Waals surface area contributed by atoms with Crippen LogP contribution >= 0.6 is 0 Å². The van der Waals surface area contributed by atoms with Gasteiger partial charge in [0.1, 0.15) is 6.23 Å². The molecule has 3 rings (SSSR count). The lowest BCUT2D eigenvalue weighted by molar-refractivity contribution is 0.118. The van der Waals surface area contributed by atoms with Gasteiger partial charge in [0.2, 0.25) is 0 Å². The number of carbonyl (C=O) groups is 1. The summed E-state index contributed by atoms with van der Waals surface area (Å²) in [5.74, 6) is 0. The molecule has 148 valence electrons. The van der Waals surface area contributed by atoms with E-state index in [1.807, 2.05) is 37.3 Å². The molecule has 0 fully saturated rings. The van der Waals surface area contributed by atoms with Crippen molar-refractivity contribution < 1.29 is 14.6 Å². The summed E-state index contributed by atoms with van der Waals surface area (Å²) in [6, 6.07) is 14.4. The summed E-state index contributed by atoms with van der Waals surface area (Å²) in [5.41, 5.74) is 5.73. The molecule has 0 aromatic heterocycles. The summed E-state index contributed by atoms with van der Waals surface area (Å²) in [7, 11) is 1.41. The molecular formula is C23H28N2O3. The number of rotatable bonds is 5. The molecular weight excluding hydrogens is 352 g/mol. The number of benzene rings is 2. The molecule has 0 saturated heterocycles. The predicted molar refractivity (Wildman–Crippen MR) is 111 cm³/mol. The average molecular weight is 380 g/mol. The minimum Gasteiger partial charge on any atom is -0.453 e. The van der Waals surface area contributed by atoms with Crippen LogP contribution in [-0.2, 0) is 17.7 Å². The van der Waals surface area contributed by atoms with Crippen molar-refractivity contribution in [1.29, 1.82) is 0 Å². The van der Waals surface area contributed by atoms with E-state index in [1.165, 1.54) is 18.2 Å². The predicted octanol–water partition coefficient (Wildman–Crippen LogP) is 3.80. The monoisotopic (exact) mass is 380 g/mol. The third kappa shape index (κ3) is 5.00. The van der Waals surface area contributed by atoms with Gasteiger partial charge in [0.05, 0.1) is 7.11 Å². The van der Waals surface area contributed by atoms with Crippen molar-refractivity contribution in [3.05, 3.63) is 76.4 Å². The normalized spacial score (nSPS) is 15.9. The average Bonchev–Trinajstić information content (AvgIpc) is 2.71. The Morgan fingerprint density at radius 1 is 1.21 bits per heavy atom. The van der Waals surface area contributed by atoms with E-state index in [0.29, 0.717) is 13.1 Å². The fourth-order valence-electron chi connectivity index (χ4n) is 3.42. The molecule has 0 saturated carbocycles. The molecule has 2 N–H and O–H groups in total. The zero-order chi connectivity index (χ0) is 20.1. The Hall–Kier alpha value is -2.63. The number of methoxy groups -OCH3 is 1. The molecule has 2 aromatic rings. The highest BCUT2D eigenvalue weighted by atomic mass is 16.5. The van der Waals surface area contributed by atoms with E-state index in [0.717, 1.165) is 23.1 Å². The number of aryl methyl sites for hydroxylation is 1. The molecule has 0 spiro atoms. The van der Waals surface area contributed by atoms with Gasteiger partial charge >= 0.3 is 6.09 Å². The molecule has 2 aromatic carbocycles. The molecule has 1 aliphatic heterocycles. The Kier molecular flexibility index (Phi) is 6.49. The minimum absolute atomic E-state index is 0.0310. The second kappa shape index (κ2) is 9.04. The van der Waals surface area contributed by atoms with Crippen molar-refractivity contribution in [1.82, 2.24) is 10.2 Å². The Bertz CT molecular complexity index is 845. The smallest absolute Gasteiger partial charge is 0.409 e. The number of nitrogens with zero attached hydrogens (tertiary/aromatic N) is 1. The third-order valence-corrected chi connectivity index (χ3v) is 5.14. The Balaban J connectivity index is 1.63. The van der Waals surface area contributed by atoms with Crippen LogP contribution in [0.1, 0.15) is 40.8 Å². The first kappa shape index (κ1) is 20.1. The third-order valence-electron chi connectivity index (χ3n) is 5.14. The van der Waals surface area contributed by atoms with Gasteiger partial charge in [-0.15, -0.1) is 0 Å². The van der Waals surface area contributed by atoms with Gasteiger partial charge in [-0.25, -0.2) is 4.79 Å². The van der Waals surface area contributed by atoms with Crippen LogP contribution in [-0.4, -0.2) is 36.0 Å². The maximum absolute atomic E-state index is 11.8. The number of aliphatic hydroxyl groups is 1. The fourth-order valence-corrected chi connectivity index (χ4v) is 3.42. The standard InChI is InChI=1S/C23H28N2O3/c1-16-4-6-18(7-5-16)8-11-22(26)24-17(2)20-10-9-19-12-13-25(23(27)28-3)15-21(19)14-20/h4-11,14,17,22,24,26H,12-13,15H2,1-3H3/b11-8+. The van der Waals surface area contributed by atoms with Crippen LogP contribution in [0, 0.1) is 6.92 Å². The number of amides is 1. The number of nitrogens with one attached hydrogen (secondary N) is 1. The zero-order valence-corrected chi connectivity index (χ0v) is 16.7. The van der Waals surface area contributed by atoms with Gasteiger partial charge in [-0.05, 0) is 48.6 Å². The van der Waals surface area contributed by atoms with Gasteiger partial charge in [0.25, 0.3) is 0 Å². The summed E-state index contributed by atoms with van der Waals surface area (Å²) < 4.78 is 4.84. The molecule has 0 radical (unpaired) electrons. The number of fused-ring (bicyclic) bond motifs is 1. The highest BCUT2D eigenvalue weighted by Crippen LogP contribution is 2.24. The summed E-state index contributed by atoms with van der Waals surface area (Å²) in [5, 5.41) is 13.5. The summed E-state index contributed by atoms with van der Waals surface area (Å²) in [4.78, 5) is 13.5. The van der Waals surface area contributed by atoms with E-state index >= 15 is 0 Å². The van der Waals surface area contributed by atoms with Gasteiger partial charge in [-0.2, -0.15) is 0 Å². The lowest BCUT2D eigenvalue weighted by atomic mass is 9.95. The molecule has 0 bridgehead atoms. The number of carbonyl (C=O) groups excluding carboxylic acids is 1. The summed E-state index contributed by atoms with van der Waals surface area (Å²) in [6.07, 6.45) is 3.44. The SMILES string of the molecule is COC(=O)N1CCc2ccc(C(C)NC(O)/C=C/c3ccc(C)cc3)cc2C1. The first-order chi connectivity index (χ1) is 13.5. The number of ether oxygens (including phenoxy) is 1. The topological polar surface area (TPSA) is 61.8 Å². The maximum Gasteiger partial charge on any atom is 0.409 e. The highest BCUT2D eigenvalue weighted by molar-refractivity contribution is 5.68. The lowest BCUT2D eigenvalue weighted by Crippen LogP contribution is -2.36. The van der Waals surface area contributed by atoms with Gasteiger partial charge in [-0.1, -0.05) is 54.1 Å². The van der Waals surface area contributed by atoms with Crippen molar-refractivity contribution in [3.8, 4) is 0 Å². The molecule has 5 heteroatoms. The van der Waals surface area contributed by atoms with Crippen LogP contribution in [0.4, 0.5) is 4.79 Å². The van der Waals surface area contributed by atoms with Crippen molar-refractivity contribution in [2.75, 3.05) is 13.7 Å². The Labute approximate surface area is 166 Å². The molecule has 28 heavy (non-hydrogen) atoms. The first-order valence-corrected chi connectivity index (χ1v) is 9.60. The van der Waals surface area contributed by atoms with E-state index in [2.05, 4.69) is 30.4 Å². The molecule has 2 atom stereocenters. The second-order valence-electron chi connectivity index (χ2n) is 7.27. The minimum atomic E-state index is -0.751. The molecule has 1 aliphatic rings. The Morgan fingerprint density at radius 2 is 1.96 bits per heavy atom. The van der Waals surface area contributed by atoms with Crippen molar-refractivity contribution in [2.24, 2.45) is 0 Å². The lowest BCUT2D eigenvalue weighted by Gasteiger charge is -2.28. The summed E-state index contributed by atoms with van der Waals surface area (Å²) >= 11 is 0. The quantitative estimate of drug-likeness (QED) is 0.775. The van der Waals surface area contributed by atoms with Crippen LogP contribution in [0.25, 0.3) is 6.08 Å². The molecule has 1 heterocycles. The van der Waals surface area contributed by atoms with E-state index < -0.39 is 6.23 Å². The van der Waals surface area contributed by atoms with E-state index in [4.69, 9.17) is 4.74 Å². The maximum atomic E-state index is 11.8. The van der Waals surface area contributed by atoms with Crippen molar-refractivity contribution in [3.63, 3.8) is 0 Å². The van der Waals surface area contributed by atoms with Gasteiger partial charge in [-0.3, -0.25) is 5.32 Å². The Morgan fingerprint density at radius 3 is 2.68 bits per heavy atom. The largest absolute Gasteiger partial charge is 0.453 e. The van der Waals surface area contributed by atoms with Gasteiger partial charge < -0.3 is 14.7 Å². The van der Waals surface area contributed by atoms with E-state index in [1.54, 1.807) is 11.0 Å². The fraction of sp³-hybridized carbons (Fsp3) is 0.348. The number of hydrogen-bond acceptors (Lipinski definition) is 4. The van der Waals surface area contributed by atoms with E-state index in [-0.39, 0.29) is 12.1 Å². The van der Waals surface area contributed by atoms with Gasteiger partial charge in [0, 0.05) is 19.1 Å². The zero-order valence-electron chi connectivity index (χ0n) is 16.7. The molecule has 1 amide bonds. The van der Waals surface area contributed by atoms with Crippen LogP contribution in [0.2, 0.25) is 0 Å². The number of hydrogen-bond donors (Lipinski definition) is 2. The number of aliphatic hydroxyl groups excluding tert-OH is 1. The first-order valence-electron chi connectivity index (χ1n) is 9.60. The van der Waals surface area contributed by atoms with Crippen LogP contribution < -0.4 is 5.32 Å². The van der Waals surface area contributed by atoms with Crippen molar-refractivity contribution >= 4 is 12.2 Å². The highest BCUT2D eigenvalue weighted by Gasteiger charge is 2.22. The van der Waals surface area contributed by atoms with Gasteiger partial charge in [0.15, 0.2) is 0 Å². The van der Waals surface area contributed by atoms with Crippen molar-refractivity contribution in [2.45, 2.75) is 39.1 Å². The van der Waals surface area contributed by atoms with Crippen LogP contribution in [0.5, 0.6) is 0 Å². The molecule has 0 aliphatic carbocycles. The summed E-state index contributed by atoms with van der Waals surface area (Å²) in [6.45, 7) is 5.30. The molecule has 5 nitrogen and oxygen atoms in total. The van der Waals surface area contributed by atoms with Crippen LogP contribution in [0.15, 0.2) is 48.5 Å². The van der Waals surface area contributed by atoms with Crippen LogP contribution in [0.3, 0.4) is 0 Å².